The van der Waals surface area contributed by atoms with E-state index >= 15 is 0 Å². The SMILES string of the molecule is Cc1ccc(C(F)(F)F)cc1N(C)C. The second-order valence-corrected chi connectivity index (χ2v) is 3.39. The van der Waals surface area contributed by atoms with Gasteiger partial charge in [-0.05, 0) is 24.6 Å². The van der Waals surface area contributed by atoms with Crippen LogP contribution in [0.1, 0.15) is 11.1 Å². The minimum atomic E-state index is -4.27. The van der Waals surface area contributed by atoms with E-state index in [0.717, 1.165) is 17.7 Å². The number of alkyl halides is 3. The maximum atomic E-state index is 12.3. The molecule has 1 aromatic rings. The molecule has 0 unspecified atom stereocenters. The van der Waals surface area contributed by atoms with Crippen LogP contribution >= 0.6 is 0 Å². The molecule has 0 saturated carbocycles. The Balaban J connectivity index is 3.20. The maximum absolute atomic E-state index is 12.3. The number of aryl methyl sites for hydroxylation is 1. The number of halogens is 3. The average Bonchev–Trinajstić information content (AvgIpc) is 2.02. The van der Waals surface area contributed by atoms with E-state index in [2.05, 4.69) is 0 Å². The topological polar surface area (TPSA) is 3.24 Å². The molecule has 14 heavy (non-hydrogen) atoms. The minimum absolute atomic E-state index is 0.597. The highest BCUT2D eigenvalue weighted by molar-refractivity contribution is 5.54. The quantitative estimate of drug-likeness (QED) is 0.678. The van der Waals surface area contributed by atoms with Crippen LogP contribution in [-0.4, -0.2) is 14.1 Å². The van der Waals surface area contributed by atoms with E-state index in [4.69, 9.17) is 0 Å². The summed E-state index contributed by atoms with van der Waals surface area (Å²) in [6, 6.07) is 3.75. The summed E-state index contributed by atoms with van der Waals surface area (Å²) in [5.74, 6) is 0. The third kappa shape index (κ3) is 2.19. The van der Waals surface area contributed by atoms with Crippen molar-refractivity contribution in [3.8, 4) is 0 Å². The summed E-state index contributed by atoms with van der Waals surface area (Å²) in [6.07, 6.45) is -4.27. The molecule has 0 saturated heterocycles. The normalized spacial score (nSPS) is 11.6. The number of rotatable bonds is 1. The Morgan fingerprint density at radius 3 is 2.14 bits per heavy atom. The van der Waals surface area contributed by atoms with E-state index < -0.39 is 11.7 Å². The van der Waals surface area contributed by atoms with Crippen LogP contribution in [0.3, 0.4) is 0 Å². The van der Waals surface area contributed by atoms with Gasteiger partial charge in [0, 0.05) is 19.8 Å². The molecular formula is C10H12F3N. The molecule has 0 aliphatic rings. The Bertz CT molecular complexity index is 329. The maximum Gasteiger partial charge on any atom is 0.416 e. The fourth-order valence-electron chi connectivity index (χ4n) is 1.27. The fourth-order valence-corrected chi connectivity index (χ4v) is 1.27. The second-order valence-electron chi connectivity index (χ2n) is 3.39. The summed E-state index contributed by atoms with van der Waals surface area (Å²) in [5, 5.41) is 0. The van der Waals surface area contributed by atoms with Crippen LogP contribution in [0.15, 0.2) is 18.2 Å². The van der Waals surface area contributed by atoms with Crippen molar-refractivity contribution in [2.75, 3.05) is 19.0 Å². The van der Waals surface area contributed by atoms with Crippen LogP contribution in [0.4, 0.5) is 18.9 Å². The first-order chi connectivity index (χ1) is 6.32. The van der Waals surface area contributed by atoms with Gasteiger partial charge in [-0.25, -0.2) is 0 Å². The lowest BCUT2D eigenvalue weighted by molar-refractivity contribution is -0.137. The van der Waals surface area contributed by atoms with Crippen LogP contribution in [0, 0.1) is 6.92 Å². The van der Waals surface area contributed by atoms with Gasteiger partial charge in [-0.15, -0.1) is 0 Å². The number of nitrogens with zero attached hydrogens (tertiary/aromatic N) is 1. The van der Waals surface area contributed by atoms with E-state index in [-0.39, 0.29) is 0 Å². The van der Waals surface area contributed by atoms with E-state index in [9.17, 15) is 13.2 Å². The van der Waals surface area contributed by atoms with Gasteiger partial charge in [0.15, 0.2) is 0 Å². The molecule has 0 heterocycles. The molecule has 0 amide bonds. The van der Waals surface area contributed by atoms with Gasteiger partial charge in [-0.1, -0.05) is 6.07 Å². The van der Waals surface area contributed by atoms with Crippen molar-refractivity contribution in [3.63, 3.8) is 0 Å². The molecule has 78 valence electrons. The van der Waals surface area contributed by atoms with Crippen molar-refractivity contribution >= 4 is 5.69 Å². The van der Waals surface area contributed by atoms with Crippen LogP contribution in [0.5, 0.6) is 0 Å². The molecular weight excluding hydrogens is 191 g/mol. The number of hydrogen-bond acceptors (Lipinski definition) is 1. The van der Waals surface area contributed by atoms with Gasteiger partial charge in [-0.2, -0.15) is 13.2 Å². The largest absolute Gasteiger partial charge is 0.416 e. The highest BCUT2D eigenvalue weighted by Gasteiger charge is 2.30. The summed E-state index contributed by atoms with van der Waals surface area (Å²) in [7, 11) is 3.45. The van der Waals surface area contributed by atoms with Gasteiger partial charge in [0.05, 0.1) is 5.56 Å². The van der Waals surface area contributed by atoms with E-state index in [0.29, 0.717) is 5.69 Å². The molecule has 1 rings (SSSR count). The predicted octanol–water partition coefficient (Wildman–Crippen LogP) is 3.08. The lowest BCUT2D eigenvalue weighted by atomic mass is 10.1. The van der Waals surface area contributed by atoms with Crippen molar-refractivity contribution in [1.82, 2.24) is 0 Å². The smallest absolute Gasteiger partial charge is 0.377 e. The zero-order chi connectivity index (χ0) is 10.9. The lowest BCUT2D eigenvalue weighted by Crippen LogP contribution is -2.13. The Labute approximate surface area is 81.1 Å². The molecule has 0 bridgehead atoms. The third-order valence-corrected chi connectivity index (χ3v) is 2.02. The lowest BCUT2D eigenvalue weighted by Gasteiger charge is -2.17. The van der Waals surface area contributed by atoms with Crippen molar-refractivity contribution in [2.45, 2.75) is 13.1 Å². The van der Waals surface area contributed by atoms with Crippen molar-refractivity contribution in [2.24, 2.45) is 0 Å². The molecule has 0 atom stereocenters. The summed E-state index contributed by atoms with van der Waals surface area (Å²) in [5.41, 5.74) is 0.828. The van der Waals surface area contributed by atoms with E-state index in [1.54, 1.807) is 25.9 Å². The zero-order valence-electron chi connectivity index (χ0n) is 8.31. The first-order valence-corrected chi connectivity index (χ1v) is 4.17. The van der Waals surface area contributed by atoms with Crippen molar-refractivity contribution < 1.29 is 13.2 Å². The van der Waals surface area contributed by atoms with Crippen LogP contribution < -0.4 is 4.90 Å². The summed E-state index contributed by atoms with van der Waals surface area (Å²) < 4.78 is 37.0. The van der Waals surface area contributed by atoms with Crippen molar-refractivity contribution in [1.29, 1.82) is 0 Å². The first kappa shape index (κ1) is 10.9. The number of hydrogen-bond donors (Lipinski definition) is 0. The molecule has 0 radical (unpaired) electrons. The Kier molecular flexibility index (Phi) is 2.73. The summed E-state index contributed by atoms with van der Waals surface area (Å²) in [4.78, 5) is 1.67. The highest BCUT2D eigenvalue weighted by atomic mass is 19.4. The number of benzene rings is 1. The van der Waals surface area contributed by atoms with Gasteiger partial charge < -0.3 is 4.90 Å². The fraction of sp³-hybridized carbons (Fsp3) is 0.400. The van der Waals surface area contributed by atoms with Gasteiger partial charge in [0.2, 0.25) is 0 Å². The van der Waals surface area contributed by atoms with Crippen LogP contribution in [0.25, 0.3) is 0 Å². The highest BCUT2D eigenvalue weighted by Crippen LogP contribution is 2.32. The molecule has 0 spiro atoms. The standard InChI is InChI=1S/C10H12F3N/c1-7-4-5-8(10(11,12)13)6-9(7)14(2)3/h4-6H,1-3H3. The molecule has 0 fully saturated rings. The average molecular weight is 203 g/mol. The van der Waals surface area contributed by atoms with Gasteiger partial charge in [0.1, 0.15) is 0 Å². The minimum Gasteiger partial charge on any atom is -0.377 e. The third-order valence-electron chi connectivity index (χ3n) is 2.02. The van der Waals surface area contributed by atoms with Gasteiger partial charge in [0.25, 0.3) is 0 Å². The Hall–Kier alpha value is -1.19. The van der Waals surface area contributed by atoms with Crippen LogP contribution in [-0.2, 0) is 6.18 Å². The number of anilines is 1. The monoisotopic (exact) mass is 203 g/mol. The van der Waals surface area contributed by atoms with Crippen molar-refractivity contribution in [3.05, 3.63) is 29.3 Å². The molecule has 0 N–H and O–H groups in total. The molecule has 0 aromatic heterocycles. The summed E-state index contributed by atoms with van der Waals surface area (Å²) >= 11 is 0. The molecule has 0 aliphatic carbocycles. The van der Waals surface area contributed by atoms with Gasteiger partial charge in [-0.3, -0.25) is 0 Å². The van der Waals surface area contributed by atoms with E-state index in [1.165, 1.54) is 6.07 Å². The van der Waals surface area contributed by atoms with Gasteiger partial charge >= 0.3 is 6.18 Å². The van der Waals surface area contributed by atoms with E-state index in [1.807, 2.05) is 0 Å². The zero-order valence-corrected chi connectivity index (χ0v) is 8.31. The Morgan fingerprint density at radius 2 is 1.71 bits per heavy atom. The first-order valence-electron chi connectivity index (χ1n) is 4.17. The molecule has 0 aliphatic heterocycles. The van der Waals surface area contributed by atoms with Crippen LogP contribution in [0.2, 0.25) is 0 Å². The molecule has 1 aromatic carbocycles. The predicted molar refractivity (Wildman–Crippen MR) is 50.5 cm³/mol. The second kappa shape index (κ2) is 3.52. The summed E-state index contributed by atoms with van der Waals surface area (Å²) in [6.45, 7) is 1.79. The molecule has 1 nitrogen and oxygen atoms in total. The molecule has 4 heteroatoms. The Morgan fingerprint density at radius 1 is 1.14 bits per heavy atom.